The van der Waals surface area contributed by atoms with Crippen molar-refractivity contribution >= 4 is 41.0 Å². The monoisotopic (exact) mass is 517 g/mol. The van der Waals surface area contributed by atoms with Crippen LogP contribution in [-0.2, 0) is 22.6 Å². The molecule has 2 aromatic rings. The Bertz CT molecular complexity index is 1250. The van der Waals surface area contributed by atoms with E-state index >= 15 is 0 Å². The summed E-state index contributed by atoms with van der Waals surface area (Å²) in [7, 11) is 2.80. The summed E-state index contributed by atoms with van der Waals surface area (Å²) in [5.74, 6) is -0.677. The summed E-state index contributed by atoms with van der Waals surface area (Å²) >= 11 is 12.9. The number of carbonyl (C=O) groups excluding carboxylic acids is 3. The van der Waals surface area contributed by atoms with Gasteiger partial charge >= 0.3 is 6.03 Å². The number of amides is 4. The van der Waals surface area contributed by atoms with Gasteiger partial charge in [0.25, 0.3) is 17.4 Å². The Morgan fingerprint density at radius 1 is 0.943 bits per heavy atom. The first-order valence-electron chi connectivity index (χ1n) is 11.7. The highest BCUT2D eigenvalue weighted by Crippen LogP contribution is 2.37. The Kier molecular flexibility index (Phi) is 6.02. The lowest BCUT2D eigenvalue weighted by Crippen LogP contribution is -3.16. The van der Waals surface area contributed by atoms with Crippen LogP contribution in [0.15, 0.2) is 41.2 Å². The summed E-state index contributed by atoms with van der Waals surface area (Å²) in [6.45, 7) is 2.23. The quantitative estimate of drug-likeness (QED) is 0.622. The number of aromatic nitrogens is 1. The van der Waals surface area contributed by atoms with Crippen molar-refractivity contribution in [3.63, 3.8) is 0 Å². The first-order valence-corrected chi connectivity index (χ1v) is 12.4. The fourth-order valence-corrected chi connectivity index (χ4v) is 6.72. The van der Waals surface area contributed by atoms with Crippen molar-refractivity contribution in [1.29, 1.82) is 0 Å². The highest BCUT2D eigenvalue weighted by Gasteiger charge is 2.59. The van der Waals surface area contributed by atoms with E-state index in [0.717, 1.165) is 33.4 Å². The number of halogens is 2. The number of imide groups is 2. The number of likely N-dealkylation sites (tertiary alicyclic amines) is 1. The minimum atomic E-state index is -1.52. The maximum atomic E-state index is 13.7. The first kappa shape index (κ1) is 24.0. The predicted octanol–water partition coefficient (Wildman–Crippen LogP) is 1.44. The average molecular weight is 518 g/mol. The van der Waals surface area contributed by atoms with Crippen LogP contribution in [0.4, 0.5) is 4.79 Å². The normalized spacial score (nSPS) is 25.6. The molecule has 5 rings (SSSR count). The summed E-state index contributed by atoms with van der Waals surface area (Å²) < 4.78 is 1.85. The second kappa shape index (κ2) is 8.76. The van der Waals surface area contributed by atoms with Gasteiger partial charge in [-0.25, -0.2) is 4.79 Å². The maximum absolute atomic E-state index is 13.7. The fourth-order valence-electron chi connectivity index (χ4n) is 6.19. The van der Waals surface area contributed by atoms with E-state index in [1.54, 1.807) is 30.3 Å². The first-order chi connectivity index (χ1) is 16.6. The Labute approximate surface area is 213 Å². The lowest BCUT2D eigenvalue weighted by Gasteiger charge is -2.46. The molecule has 4 heterocycles. The number of pyridine rings is 1. The van der Waals surface area contributed by atoms with Crippen molar-refractivity contribution in [3.8, 4) is 0 Å². The highest BCUT2D eigenvalue weighted by atomic mass is 35.5. The van der Waals surface area contributed by atoms with Crippen molar-refractivity contribution in [2.24, 2.45) is 11.3 Å². The van der Waals surface area contributed by atoms with Crippen LogP contribution in [0.25, 0.3) is 0 Å². The molecule has 0 saturated carbocycles. The Hall–Kier alpha value is -2.68. The molecule has 0 aliphatic carbocycles. The zero-order valence-corrected chi connectivity index (χ0v) is 21.1. The number of nitrogens with one attached hydrogen (secondary N) is 1. The van der Waals surface area contributed by atoms with E-state index in [9.17, 15) is 19.2 Å². The number of nitrogens with zero attached hydrogens (tertiary/aromatic N) is 3. The second-order valence-electron chi connectivity index (χ2n) is 10.0. The largest absolute Gasteiger partial charge is 0.333 e. The molecule has 184 valence electrons. The molecule has 4 amide bonds. The molecule has 10 heteroatoms. The third-order valence-corrected chi connectivity index (χ3v) is 8.47. The molecule has 1 unspecified atom stereocenters. The standard InChI is InChI=1S/C25H26Cl2N4O4/c1-28-22(33)25(23(34)29(2)24(28)35,10-17-18(26)5-3-6-19(17)27)14-30-11-15-9-16(13-30)20-7-4-8-21(32)31(20)12-15/h3-8,15-16H,9-14H2,1-2H3/p+1/t15-,16+/m0/s1. The van der Waals surface area contributed by atoms with E-state index in [1.165, 1.54) is 14.1 Å². The third kappa shape index (κ3) is 3.88. The van der Waals surface area contributed by atoms with Crippen LogP contribution in [0.1, 0.15) is 23.6 Å². The molecule has 35 heavy (non-hydrogen) atoms. The summed E-state index contributed by atoms with van der Waals surface area (Å²) in [6.07, 6.45) is 0.969. The Morgan fingerprint density at radius 2 is 1.57 bits per heavy atom. The second-order valence-corrected chi connectivity index (χ2v) is 10.8. The van der Waals surface area contributed by atoms with Gasteiger partial charge in [-0.2, -0.15) is 0 Å². The van der Waals surface area contributed by atoms with Crippen molar-refractivity contribution in [1.82, 2.24) is 14.4 Å². The number of hydrogen-bond acceptors (Lipinski definition) is 4. The molecule has 8 nitrogen and oxygen atoms in total. The summed E-state index contributed by atoms with van der Waals surface area (Å²) in [5.41, 5.74) is -0.00414. The van der Waals surface area contributed by atoms with Gasteiger partial charge in [0.15, 0.2) is 5.41 Å². The van der Waals surface area contributed by atoms with E-state index < -0.39 is 23.3 Å². The molecule has 1 N–H and O–H groups in total. The minimum Gasteiger partial charge on any atom is -0.333 e. The molecule has 0 spiro atoms. The van der Waals surface area contributed by atoms with Gasteiger partial charge in [0, 0.05) is 60.7 Å². The fraction of sp³-hybridized carbons (Fsp3) is 0.440. The van der Waals surface area contributed by atoms with Crippen LogP contribution in [0.2, 0.25) is 10.0 Å². The van der Waals surface area contributed by atoms with Crippen molar-refractivity contribution < 1.29 is 19.3 Å². The number of urea groups is 1. The third-order valence-electron chi connectivity index (χ3n) is 7.77. The Morgan fingerprint density at radius 3 is 2.23 bits per heavy atom. The molecular formula is C25H27Cl2N4O4+. The average Bonchev–Trinajstić information content (AvgIpc) is 2.83. The zero-order valence-electron chi connectivity index (χ0n) is 19.6. The van der Waals surface area contributed by atoms with Gasteiger partial charge in [0.1, 0.15) is 6.54 Å². The van der Waals surface area contributed by atoms with Crippen LogP contribution >= 0.6 is 23.2 Å². The molecule has 1 aromatic heterocycles. The van der Waals surface area contributed by atoms with Gasteiger partial charge in [0.2, 0.25) is 0 Å². The van der Waals surface area contributed by atoms with Gasteiger partial charge < -0.3 is 9.47 Å². The number of carbonyl (C=O) groups is 3. The van der Waals surface area contributed by atoms with Crippen LogP contribution < -0.4 is 10.5 Å². The zero-order chi connectivity index (χ0) is 25.1. The van der Waals surface area contributed by atoms with E-state index in [2.05, 4.69) is 0 Å². The molecule has 2 bridgehead atoms. The minimum absolute atomic E-state index is 0.0000117. The van der Waals surface area contributed by atoms with Crippen LogP contribution in [0, 0.1) is 11.3 Å². The number of fused-ring (bicyclic) bond motifs is 4. The summed E-state index contributed by atoms with van der Waals surface area (Å²) in [4.78, 5) is 55.5. The number of hydrogen-bond donors (Lipinski definition) is 1. The number of benzene rings is 1. The van der Waals surface area contributed by atoms with Crippen LogP contribution in [0.3, 0.4) is 0 Å². The smallest absolute Gasteiger partial charge is 0.332 e. The Balaban J connectivity index is 1.54. The molecule has 0 radical (unpaired) electrons. The van der Waals surface area contributed by atoms with Gasteiger partial charge in [-0.1, -0.05) is 35.3 Å². The van der Waals surface area contributed by atoms with Gasteiger partial charge in [-0.15, -0.1) is 0 Å². The molecule has 1 aromatic carbocycles. The molecule has 2 fully saturated rings. The van der Waals surface area contributed by atoms with Gasteiger partial charge in [0.05, 0.1) is 13.1 Å². The molecule has 3 aliphatic rings. The number of quaternary nitrogens is 1. The van der Waals surface area contributed by atoms with Gasteiger partial charge in [-0.3, -0.25) is 24.2 Å². The SMILES string of the molecule is CN1C(=O)N(C)C(=O)C(Cc2c(Cl)cccc2Cl)(C[NH+]2C[C@@H]3C[C@H](C2)c2cccc(=O)n2C3)C1=O. The lowest BCUT2D eigenvalue weighted by atomic mass is 9.75. The van der Waals surface area contributed by atoms with E-state index in [1.807, 2.05) is 10.6 Å². The van der Waals surface area contributed by atoms with E-state index in [0.29, 0.717) is 28.7 Å². The van der Waals surface area contributed by atoms with Gasteiger partial charge in [-0.05, 0) is 30.2 Å². The number of rotatable bonds is 4. The summed E-state index contributed by atoms with van der Waals surface area (Å²) in [6, 6.07) is 9.77. The predicted molar refractivity (Wildman–Crippen MR) is 131 cm³/mol. The van der Waals surface area contributed by atoms with Crippen LogP contribution in [0.5, 0.6) is 0 Å². The van der Waals surface area contributed by atoms with Crippen molar-refractivity contribution in [3.05, 3.63) is 68.1 Å². The maximum Gasteiger partial charge on any atom is 0.332 e. The van der Waals surface area contributed by atoms with E-state index in [4.69, 9.17) is 23.2 Å². The van der Waals surface area contributed by atoms with Crippen molar-refractivity contribution in [2.75, 3.05) is 33.7 Å². The topological polar surface area (TPSA) is 84.1 Å². The molecule has 3 atom stereocenters. The summed E-state index contributed by atoms with van der Waals surface area (Å²) in [5, 5.41) is 0.747. The van der Waals surface area contributed by atoms with Crippen molar-refractivity contribution in [2.45, 2.75) is 25.3 Å². The number of barbiturate groups is 1. The molecule has 3 aliphatic heterocycles. The van der Waals surface area contributed by atoms with E-state index in [-0.39, 0.29) is 30.4 Å². The molecule has 2 saturated heterocycles. The van der Waals surface area contributed by atoms with Crippen LogP contribution in [-0.4, -0.2) is 65.9 Å². The number of piperidine rings is 1. The molecular weight excluding hydrogens is 491 g/mol. The lowest BCUT2D eigenvalue weighted by molar-refractivity contribution is -0.915. The highest BCUT2D eigenvalue weighted by molar-refractivity contribution is 6.36.